The summed E-state index contributed by atoms with van der Waals surface area (Å²) >= 11 is 5.91. The minimum Gasteiger partial charge on any atom is -0.496 e. The Hall–Kier alpha value is -3.75. The van der Waals surface area contributed by atoms with Crippen molar-refractivity contribution in [3.05, 3.63) is 88.4 Å². The zero-order chi connectivity index (χ0) is 21.5. The van der Waals surface area contributed by atoms with Gasteiger partial charge in [0.05, 0.1) is 25.9 Å². The van der Waals surface area contributed by atoms with Crippen LogP contribution in [-0.2, 0) is 0 Å². The number of carbonyl (C=O) groups excluding carboxylic acids is 1. The molecule has 0 fully saturated rings. The summed E-state index contributed by atoms with van der Waals surface area (Å²) in [5, 5.41) is 10.1. The molecule has 3 aromatic carbocycles. The fraction of sp³-hybridized carbons (Fsp3) is 0.0833. The van der Waals surface area contributed by atoms with Crippen LogP contribution < -0.4 is 14.2 Å². The molecule has 3 aromatic rings. The van der Waals surface area contributed by atoms with Crippen LogP contribution >= 0.6 is 11.6 Å². The number of allylic oxidation sites excluding steroid dienone is 1. The molecule has 0 amide bonds. The van der Waals surface area contributed by atoms with E-state index in [1.165, 1.54) is 14.2 Å². The smallest absolute Gasteiger partial charge is 0.351 e. The quantitative estimate of drug-likeness (QED) is 0.224. The van der Waals surface area contributed by atoms with Gasteiger partial charge in [-0.2, -0.15) is 5.26 Å². The minimum atomic E-state index is -0.608. The number of hydrogen-bond acceptors (Lipinski definition) is 5. The molecule has 0 aromatic heterocycles. The lowest BCUT2D eigenvalue weighted by Crippen LogP contribution is -2.12. The van der Waals surface area contributed by atoms with E-state index < -0.39 is 5.97 Å². The lowest BCUT2D eigenvalue weighted by Gasteiger charge is -2.12. The molecule has 0 saturated heterocycles. The summed E-state index contributed by atoms with van der Waals surface area (Å²) in [6.07, 6.45) is 1.71. The molecule has 0 N–H and O–H groups in total. The van der Waals surface area contributed by atoms with Crippen molar-refractivity contribution in [3.8, 4) is 23.3 Å². The molecule has 150 valence electrons. The number of ether oxygens (including phenoxy) is 3. The van der Waals surface area contributed by atoms with Crippen LogP contribution in [0.4, 0.5) is 0 Å². The maximum atomic E-state index is 12.8. The highest BCUT2D eigenvalue weighted by Gasteiger charge is 2.20. The predicted molar refractivity (Wildman–Crippen MR) is 116 cm³/mol. The maximum Gasteiger partial charge on any atom is 0.351 e. The largest absolute Gasteiger partial charge is 0.496 e. The summed E-state index contributed by atoms with van der Waals surface area (Å²) in [5.74, 6) is 0.425. The number of halogens is 1. The highest BCUT2D eigenvalue weighted by molar-refractivity contribution is 6.30. The molecule has 5 nitrogen and oxygen atoms in total. The molecule has 0 heterocycles. The van der Waals surface area contributed by atoms with Crippen LogP contribution in [0.25, 0.3) is 11.6 Å². The molecule has 0 aliphatic carbocycles. The van der Waals surface area contributed by atoms with E-state index in [4.69, 9.17) is 25.8 Å². The van der Waals surface area contributed by atoms with Crippen molar-refractivity contribution in [2.75, 3.05) is 14.2 Å². The van der Waals surface area contributed by atoms with Crippen LogP contribution in [0.1, 0.15) is 21.5 Å². The van der Waals surface area contributed by atoms with E-state index in [9.17, 15) is 10.1 Å². The molecule has 0 aliphatic heterocycles. The van der Waals surface area contributed by atoms with Crippen LogP contribution in [0.15, 0.2) is 66.7 Å². The van der Waals surface area contributed by atoms with E-state index in [-0.39, 0.29) is 5.56 Å². The second kappa shape index (κ2) is 9.64. The van der Waals surface area contributed by atoms with Crippen LogP contribution in [0.2, 0.25) is 5.02 Å². The van der Waals surface area contributed by atoms with Gasteiger partial charge in [0.2, 0.25) is 0 Å². The van der Waals surface area contributed by atoms with Crippen molar-refractivity contribution in [2.24, 2.45) is 0 Å². The Morgan fingerprint density at radius 1 is 0.967 bits per heavy atom. The summed E-state index contributed by atoms with van der Waals surface area (Å²) in [5.41, 5.74) is 2.10. The Kier molecular flexibility index (Phi) is 6.74. The van der Waals surface area contributed by atoms with Gasteiger partial charge < -0.3 is 14.2 Å². The van der Waals surface area contributed by atoms with Crippen LogP contribution in [0.5, 0.6) is 17.2 Å². The van der Waals surface area contributed by atoms with Gasteiger partial charge in [-0.15, -0.1) is 0 Å². The molecule has 0 unspecified atom stereocenters. The van der Waals surface area contributed by atoms with Gasteiger partial charge >= 0.3 is 5.97 Å². The number of hydrogen-bond donors (Lipinski definition) is 0. The Morgan fingerprint density at radius 3 is 2.20 bits per heavy atom. The second-order valence-corrected chi connectivity index (χ2v) is 6.61. The maximum absolute atomic E-state index is 12.8. The second-order valence-electron chi connectivity index (χ2n) is 6.18. The highest BCUT2D eigenvalue weighted by Crippen LogP contribution is 2.30. The Morgan fingerprint density at radius 2 is 1.60 bits per heavy atom. The number of rotatable bonds is 6. The zero-order valence-corrected chi connectivity index (χ0v) is 17.1. The SMILES string of the molecule is COc1cccc(OC)c1C(=O)Oc1cccc(/C=C(/C#N)c2ccc(Cl)cc2)c1. The fourth-order valence-electron chi connectivity index (χ4n) is 2.85. The van der Waals surface area contributed by atoms with Crippen molar-refractivity contribution in [1.82, 2.24) is 0 Å². The van der Waals surface area contributed by atoms with Crippen molar-refractivity contribution < 1.29 is 19.0 Å². The van der Waals surface area contributed by atoms with Gasteiger partial charge in [-0.1, -0.05) is 41.9 Å². The third-order valence-corrected chi connectivity index (χ3v) is 4.54. The lowest BCUT2D eigenvalue weighted by atomic mass is 10.0. The molecule has 0 saturated carbocycles. The molecule has 30 heavy (non-hydrogen) atoms. The molecular formula is C24H18ClNO4. The Balaban J connectivity index is 1.89. The monoisotopic (exact) mass is 419 g/mol. The lowest BCUT2D eigenvalue weighted by molar-refractivity contribution is 0.0727. The first kappa shape index (κ1) is 21.0. The van der Waals surface area contributed by atoms with E-state index >= 15 is 0 Å². The molecular weight excluding hydrogens is 402 g/mol. The number of methoxy groups -OCH3 is 2. The van der Waals surface area contributed by atoms with Crippen molar-refractivity contribution in [1.29, 1.82) is 5.26 Å². The Bertz CT molecular complexity index is 1110. The number of carbonyl (C=O) groups is 1. The topological polar surface area (TPSA) is 68.6 Å². The average molecular weight is 420 g/mol. The standard InChI is InChI=1S/C24H18ClNO4/c1-28-21-7-4-8-22(29-2)23(21)24(27)30-20-6-3-5-16(14-20)13-18(15-26)17-9-11-19(25)12-10-17/h3-14H,1-2H3/b18-13-. The first-order valence-electron chi connectivity index (χ1n) is 8.96. The van der Waals surface area contributed by atoms with Crippen LogP contribution in [0.3, 0.4) is 0 Å². The number of esters is 1. The summed E-state index contributed by atoms with van der Waals surface area (Å²) in [6.45, 7) is 0. The normalized spacial score (nSPS) is 10.8. The molecule has 3 rings (SSSR count). The van der Waals surface area contributed by atoms with Crippen molar-refractivity contribution in [2.45, 2.75) is 0 Å². The van der Waals surface area contributed by atoms with Crippen molar-refractivity contribution >= 4 is 29.2 Å². The van der Waals surface area contributed by atoms with Gasteiger partial charge in [0, 0.05) is 5.02 Å². The predicted octanol–water partition coefficient (Wildman–Crippen LogP) is 5.64. The summed E-state index contributed by atoms with van der Waals surface area (Å²) in [4.78, 5) is 12.8. The first-order chi connectivity index (χ1) is 14.5. The van der Waals surface area contributed by atoms with Gasteiger partial charge in [-0.25, -0.2) is 4.79 Å². The summed E-state index contributed by atoms with van der Waals surface area (Å²) in [6, 6.07) is 21.1. The summed E-state index contributed by atoms with van der Waals surface area (Å²) in [7, 11) is 2.94. The van der Waals surface area contributed by atoms with Gasteiger partial charge in [0.25, 0.3) is 0 Å². The van der Waals surface area contributed by atoms with Crippen LogP contribution in [0, 0.1) is 11.3 Å². The molecule has 6 heteroatoms. The van der Waals surface area contributed by atoms with E-state index in [2.05, 4.69) is 6.07 Å². The number of benzene rings is 3. The van der Waals surface area contributed by atoms with Gasteiger partial charge in [0.1, 0.15) is 22.8 Å². The van der Waals surface area contributed by atoms with E-state index in [1.807, 2.05) is 6.07 Å². The summed E-state index contributed by atoms with van der Waals surface area (Å²) < 4.78 is 16.1. The average Bonchev–Trinajstić information content (AvgIpc) is 2.77. The van der Waals surface area contributed by atoms with Gasteiger partial charge in [0.15, 0.2) is 0 Å². The molecule has 0 spiro atoms. The highest BCUT2D eigenvalue weighted by atomic mass is 35.5. The number of nitriles is 1. The van der Waals surface area contributed by atoms with Gasteiger partial charge in [-0.3, -0.25) is 0 Å². The van der Waals surface area contributed by atoms with E-state index in [0.717, 1.165) is 5.56 Å². The Labute approximate surface area is 179 Å². The van der Waals surface area contributed by atoms with Crippen molar-refractivity contribution in [3.63, 3.8) is 0 Å². The third-order valence-electron chi connectivity index (χ3n) is 4.29. The van der Waals surface area contributed by atoms with E-state index in [0.29, 0.717) is 33.4 Å². The third kappa shape index (κ3) is 4.80. The zero-order valence-electron chi connectivity index (χ0n) is 16.4. The molecule has 0 radical (unpaired) electrons. The molecule has 0 aliphatic rings. The minimum absolute atomic E-state index is 0.197. The first-order valence-corrected chi connectivity index (χ1v) is 9.34. The van der Waals surface area contributed by atoms with E-state index in [1.54, 1.807) is 66.7 Å². The van der Waals surface area contributed by atoms with Gasteiger partial charge in [-0.05, 0) is 53.6 Å². The molecule has 0 atom stereocenters. The van der Waals surface area contributed by atoms with Crippen LogP contribution in [-0.4, -0.2) is 20.2 Å². The fourth-order valence-corrected chi connectivity index (χ4v) is 2.98. The molecule has 0 bridgehead atoms. The number of nitrogens with zero attached hydrogens (tertiary/aromatic N) is 1.